The first-order valence-corrected chi connectivity index (χ1v) is 7.78. The molecule has 0 unspecified atom stereocenters. The molecule has 0 saturated heterocycles. The highest BCUT2D eigenvalue weighted by atomic mass is 35.5. The number of nitrogens with one attached hydrogen (secondary N) is 1. The van der Waals surface area contributed by atoms with Crippen molar-refractivity contribution >= 4 is 17.5 Å². The zero-order valence-corrected chi connectivity index (χ0v) is 13.9. The van der Waals surface area contributed by atoms with Crippen LogP contribution < -0.4 is 10.1 Å². The smallest absolute Gasteiger partial charge is 0.224 e. The van der Waals surface area contributed by atoms with Crippen molar-refractivity contribution in [3.63, 3.8) is 0 Å². The van der Waals surface area contributed by atoms with Crippen molar-refractivity contribution in [2.75, 3.05) is 0 Å². The highest BCUT2D eigenvalue weighted by Crippen LogP contribution is 2.16. The summed E-state index contributed by atoms with van der Waals surface area (Å²) in [4.78, 5) is 11.9. The van der Waals surface area contributed by atoms with E-state index in [1.54, 1.807) is 6.07 Å². The van der Waals surface area contributed by atoms with Crippen LogP contribution in [0, 0.1) is 5.82 Å². The normalized spacial score (nSPS) is 10.7. The van der Waals surface area contributed by atoms with Crippen LogP contribution in [0.5, 0.6) is 5.75 Å². The molecule has 0 bridgehead atoms. The van der Waals surface area contributed by atoms with Crippen molar-refractivity contribution in [1.82, 2.24) is 5.32 Å². The lowest BCUT2D eigenvalue weighted by Crippen LogP contribution is -2.24. The number of carbonyl (C=O) groups is 1. The van der Waals surface area contributed by atoms with Gasteiger partial charge in [-0.1, -0.05) is 29.8 Å². The van der Waals surface area contributed by atoms with Gasteiger partial charge in [-0.15, -0.1) is 0 Å². The Morgan fingerprint density at radius 3 is 2.52 bits per heavy atom. The maximum atomic E-state index is 13.6. The summed E-state index contributed by atoms with van der Waals surface area (Å²) in [6.07, 6.45) is 0.104. The van der Waals surface area contributed by atoms with Crippen LogP contribution in [0.1, 0.15) is 25.0 Å². The summed E-state index contributed by atoms with van der Waals surface area (Å²) in [6.45, 7) is 4.31. The summed E-state index contributed by atoms with van der Waals surface area (Å²) >= 11 is 5.69. The molecule has 0 saturated carbocycles. The van der Waals surface area contributed by atoms with Gasteiger partial charge in [-0.05, 0) is 49.2 Å². The molecule has 0 fully saturated rings. The van der Waals surface area contributed by atoms with Crippen LogP contribution >= 0.6 is 11.6 Å². The van der Waals surface area contributed by atoms with Crippen molar-refractivity contribution in [1.29, 1.82) is 0 Å². The van der Waals surface area contributed by atoms with E-state index in [0.29, 0.717) is 17.1 Å². The average molecular weight is 336 g/mol. The summed E-state index contributed by atoms with van der Waals surface area (Å²) in [6, 6.07) is 11.8. The van der Waals surface area contributed by atoms with Gasteiger partial charge in [-0.2, -0.15) is 0 Å². The second-order valence-corrected chi connectivity index (χ2v) is 5.94. The molecule has 0 radical (unpaired) electrons. The zero-order valence-electron chi connectivity index (χ0n) is 13.1. The van der Waals surface area contributed by atoms with Crippen LogP contribution in [0.4, 0.5) is 4.39 Å². The zero-order chi connectivity index (χ0) is 16.8. The van der Waals surface area contributed by atoms with Crippen LogP contribution in [-0.2, 0) is 17.8 Å². The molecule has 0 atom stereocenters. The van der Waals surface area contributed by atoms with Crippen molar-refractivity contribution in [2.45, 2.75) is 32.9 Å². The molecular formula is C18H19ClFNO2. The number of hydrogen-bond acceptors (Lipinski definition) is 2. The Kier molecular flexibility index (Phi) is 5.99. The van der Waals surface area contributed by atoms with E-state index in [1.807, 2.05) is 38.1 Å². The first-order chi connectivity index (χ1) is 10.9. The number of halogens is 2. The van der Waals surface area contributed by atoms with Gasteiger partial charge < -0.3 is 10.1 Å². The van der Waals surface area contributed by atoms with Crippen LogP contribution in [0.2, 0.25) is 5.02 Å². The highest BCUT2D eigenvalue weighted by Gasteiger charge is 2.08. The summed E-state index contributed by atoms with van der Waals surface area (Å²) in [7, 11) is 0. The second-order valence-electron chi connectivity index (χ2n) is 5.50. The maximum Gasteiger partial charge on any atom is 0.224 e. The molecule has 0 heterocycles. The fourth-order valence-electron chi connectivity index (χ4n) is 2.06. The van der Waals surface area contributed by atoms with E-state index in [0.717, 1.165) is 11.3 Å². The maximum absolute atomic E-state index is 13.6. The number of ether oxygens (including phenoxy) is 1. The number of amides is 1. The molecule has 2 rings (SSSR count). The Morgan fingerprint density at radius 1 is 1.22 bits per heavy atom. The van der Waals surface area contributed by atoms with Gasteiger partial charge >= 0.3 is 0 Å². The SMILES string of the molecule is CC(C)Oc1ccc(CNC(=O)Cc2ccc(Cl)cc2F)cc1. The minimum absolute atomic E-state index is 0.0163. The second kappa shape index (κ2) is 7.97. The van der Waals surface area contributed by atoms with Crippen molar-refractivity contribution in [3.8, 4) is 5.75 Å². The lowest BCUT2D eigenvalue weighted by molar-refractivity contribution is -0.120. The average Bonchev–Trinajstić information content (AvgIpc) is 2.49. The van der Waals surface area contributed by atoms with E-state index in [-0.39, 0.29) is 18.4 Å². The molecule has 2 aromatic rings. The Labute approximate surface area is 140 Å². The summed E-state index contributed by atoms with van der Waals surface area (Å²) in [5, 5.41) is 3.09. The van der Waals surface area contributed by atoms with Crippen molar-refractivity contribution < 1.29 is 13.9 Å². The quantitative estimate of drug-likeness (QED) is 0.862. The number of hydrogen-bond donors (Lipinski definition) is 1. The number of carbonyl (C=O) groups excluding carboxylic acids is 1. The fourth-order valence-corrected chi connectivity index (χ4v) is 2.22. The van der Waals surface area contributed by atoms with Gasteiger partial charge in [0.1, 0.15) is 11.6 Å². The van der Waals surface area contributed by atoms with Gasteiger partial charge in [0, 0.05) is 11.6 Å². The molecule has 0 aromatic heterocycles. The number of rotatable bonds is 6. The van der Waals surface area contributed by atoms with Crippen LogP contribution in [0.25, 0.3) is 0 Å². The third-order valence-electron chi connectivity index (χ3n) is 3.15. The topological polar surface area (TPSA) is 38.3 Å². The molecule has 0 spiro atoms. The Balaban J connectivity index is 1.86. The first-order valence-electron chi connectivity index (χ1n) is 7.40. The van der Waals surface area contributed by atoms with Crippen LogP contribution in [0.3, 0.4) is 0 Å². The minimum atomic E-state index is -0.470. The molecule has 0 aliphatic heterocycles. The summed E-state index contributed by atoms with van der Waals surface area (Å²) < 4.78 is 19.2. The standard InChI is InChI=1S/C18H19ClFNO2/c1-12(2)23-16-7-3-13(4-8-16)11-21-18(22)9-14-5-6-15(19)10-17(14)20/h3-8,10,12H,9,11H2,1-2H3,(H,21,22). The first kappa shape index (κ1) is 17.3. The third kappa shape index (κ3) is 5.57. The van der Waals surface area contributed by atoms with E-state index in [9.17, 15) is 9.18 Å². The molecule has 0 aliphatic carbocycles. The highest BCUT2D eigenvalue weighted by molar-refractivity contribution is 6.30. The van der Waals surface area contributed by atoms with E-state index in [1.165, 1.54) is 12.1 Å². The molecule has 23 heavy (non-hydrogen) atoms. The Bertz CT molecular complexity index is 671. The molecular weight excluding hydrogens is 317 g/mol. The van der Waals surface area contributed by atoms with E-state index in [2.05, 4.69) is 5.32 Å². The van der Waals surface area contributed by atoms with Crippen molar-refractivity contribution in [3.05, 3.63) is 64.4 Å². The number of benzene rings is 2. The van der Waals surface area contributed by atoms with Gasteiger partial charge in [0.05, 0.1) is 12.5 Å². The molecule has 5 heteroatoms. The lowest BCUT2D eigenvalue weighted by Gasteiger charge is -2.10. The predicted molar refractivity (Wildman–Crippen MR) is 89.2 cm³/mol. The molecule has 0 aliphatic rings. The van der Waals surface area contributed by atoms with E-state index in [4.69, 9.17) is 16.3 Å². The molecule has 1 amide bonds. The Morgan fingerprint density at radius 2 is 1.91 bits per heavy atom. The predicted octanol–water partition coefficient (Wildman–Crippen LogP) is 4.13. The fraction of sp³-hybridized carbons (Fsp3) is 0.278. The van der Waals surface area contributed by atoms with E-state index >= 15 is 0 Å². The van der Waals surface area contributed by atoms with Crippen molar-refractivity contribution in [2.24, 2.45) is 0 Å². The minimum Gasteiger partial charge on any atom is -0.491 e. The summed E-state index contributed by atoms with van der Waals surface area (Å²) in [5.41, 5.74) is 1.28. The lowest BCUT2D eigenvalue weighted by atomic mass is 10.1. The third-order valence-corrected chi connectivity index (χ3v) is 3.39. The summed E-state index contributed by atoms with van der Waals surface area (Å²) in [5.74, 6) is 0.0786. The van der Waals surface area contributed by atoms with Crippen LogP contribution in [-0.4, -0.2) is 12.0 Å². The molecule has 3 nitrogen and oxygen atoms in total. The monoisotopic (exact) mass is 335 g/mol. The van der Waals surface area contributed by atoms with Gasteiger partial charge in [0.15, 0.2) is 0 Å². The molecule has 122 valence electrons. The van der Waals surface area contributed by atoms with Gasteiger partial charge in [-0.25, -0.2) is 4.39 Å². The molecule has 1 N–H and O–H groups in total. The van der Waals surface area contributed by atoms with E-state index < -0.39 is 5.82 Å². The van der Waals surface area contributed by atoms with Gasteiger partial charge in [0.25, 0.3) is 0 Å². The molecule has 2 aromatic carbocycles. The van der Waals surface area contributed by atoms with Gasteiger partial charge in [0.2, 0.25) is 5.91 Å². The van der Waals surface area contributed by atoms with Crippen LogP contribution in [0.15, 0.2) is 42.5 Å². The largest absolute Gasteiger partial charge is 0.491 e. The Hall–Kier alpha value is -2.07. The van der Waals surface area contributed by atoms with Gasteiger partial charge in [-0.3, -0.25) is 4.79 Å².